The lowest BCUT2D eigenvalue weighted by Crippen LogP contribution is -2.38. The molecular formula is C10H21N5O2S. The number of hydrogen-bond donors (Lipinski definition) is 2. The molecule has 0 aliphatic carbocycles. The second-order valence-corrected chi connectivity index (χ2v) is 6.29. The number of sulfonamides is 1. The first-order valence-corrected chi connectivity index (χ1v) is 7.10. The first kappa shape index (κ1) is 14.9. The predicted molar refractivity (Wildman–Crippen MR) is 70.7 cm³/mol. The van der Waals surface area contributed by atoms with E-state index in [9.17, 15) is 8.42 Å². The molecule has 0 radical (unpaired) electrons. The van der Waals surface area contributed by atoms with Gasteiger partial charge >= 0.3 is 0 Å². The number of hydrogen-bond acceptors (Lipinski definition) is 5. The number of aryl methyl sites for hydroxylation is 1. The normalized spacial score (nSPS) is 14.1. The highest BCUT2D eigenvalue weighted by molar-refractivity contribution is 7.89. The summed E-state index contributed by atoms with van der Waals surface area (Å²) in [7, 11) is 1.83. The topological polar surface area (TPSA) is 93.2 Å². The van der Waals surface area contributed by atoms with Gasteiger partial charge in [-0.25, -0.2) is 13.1 Å². The fourth-order valence-corrected chi connectivity index (χ4v) is 2.87. The molecule has 3 N–H and O–H groups in total. The first-order chi connectivity index (χ1) is 8.16. The van der Waals surface area contributed by atoms with Crippen LogP contribution < -0.4 is 10.5 Å². The van der Waals surface area contributed by atoms with Crippen molar-refractivity contribution < 1.29 is 8.42 Å². The Labute approximate surface area is 108 Å². The van der Waals surface area contributed by atoms with Crippen LogP contribution in [-0.2, 0) is 17.1 Å². The van der Waals surface area contributed by atoms with Crippen molar-refractivity contribution in [1.82, 2.24) is 19.4 Å². The summed E-state index contributed by atoms with van der Waals surface area (Å²) in [6.07, 6.45) is 0. The van der Waals surface area contributed by atoms with E-state index in [-0.39, 0.29) is 16.8 Å². The van der Waals surface area contributed by atoms with Crippen LogP contribution in [0.1, 0.15) is 12.6 Å². The molecule has 1 aromatic rings. The number of nitrogens with one attached hydrogen (secondary N) is 1. The van der Waals surface area contributed by atoms with Gasteiger partial charge in [0.2, 0.25) is 10.0 Å². The van der Waals surface area contributed by atoms with E-state index in [2.05, 4.69) is 9.82 Å². The summed E-state index contributed by atoms with van der Waals surface area (Å²) in [5.41, 5.74) is 6.16. The summed E-state index contributed by atoms with van der Waals surface area (Å²) in [5.74, 6) is 0.0278. The second kappa shape index (κ2) is 5.25. The Morgan fingerprint density at radius 1 is 1.50 bits per heavy atom. The van der Waals surface area contributed by atoms with Gasteiger partial charge in [-0.3, -0.25) is 4.68 Å². The lowest BCUT2D eigenvalue weighted by atomic mass is 10.3. The van der Waals surface area contributed by atoms with Crippen LogP contribution in [-0.4, -0.2) is 49.8 Å². The molecule has 7 nitrogen and oxygen atoms in total. The van der Waals surface area contributed by atoms with Gasteiger partial charge in [0.25, 0.3) is 0 Å². The number of anilines is 1. The number of aromatic nitrogens is 2. The molecule has 0 aliphatic rings. The van der Waals surface area contributed by atoms with Gasteiger partial charge in [0.1, 0.15) is 4.90 Å². The monoisotopic (exact) mass is 275 g/mol. The van der Waals surface area contributed by atoms with E-state index in [4.69, 9.17) is 5.73 Å². The molecule has 0 aliphatic heterocycles. The molecule has 1 unspecified atom stereocenters. The van der Waals surface area contributed by atoms with Crippen molar-refractivity contribution in [1.29, 1.82) is 0 Å². The van der Waals surface area contributed by atoms with Gasteiger partial charge in [0, 0.05) is 19.6 Å². The van der Waals surface area contributed by atoms with Crippen molar-refractivity contribution >= 4 is 15.8 Å². The standard InChI is InChI=1S/C10H21N5O2S/c1-7(14(3)4)6-12-18(16,17)9-8(2)15(5)13-10(9)11/h7,12H,6H2,1-5H3,(H2,11,13). The smallest absolute Gasteiger partial charge is 0.246 e. The van der Waals surface area contributed by atoms with Gasteiger partial charge in [-0.1, -0.05) is 0 Å². The van der Waals surface area contributed by atoms with Gasteiger partial charge in [0.05, 0.1) is 5.69 Å². The van der Waals surface area contributed by atoms with Crippen molar-refractivity contribution in [3.63, 3.8) is 0 Å². The fraction of sp³-hybridized carbons (Fsp3) is 0.700. The Bertz CT molecular complexity index is 521. The largest absolute Gasteiger partial charge is 0.381 e. The van der Waals surface area contributed by atoms with Crippen LogP contribution in [0.15, 0.2) is 4.90 Å². The van der Waals surface area contributed by atoms with E-state index < -0.39 is 10.0 Å². The molecule has 104 valence electrons. The van der Waals surface area contributed by atoms with Crippen molar-refractivity contribution in [2.24, 2.45) is 7.05 Å². The maximum Gasteiger partial charge on any atom is 0.246 e. The van der Waals surface area contributed by atoms with Crippen LogP contribution in [0.3, 0.4) is 0 Å². The Kier molecular flexibility index (Phi) is 4.36. The summed E-state index contributed by atoms with van der Waals surface area (Å²) < 4.78 is 28.3. The summed E-state index contributed by atoms with van der Waals surface area (Å²) in [4.78, 5) is 2.00. The number of rotatable bonds is 5. The molecule has 0 bridgehead atoms. The van der Waals surface area contributed by atoms with E-state index in [1.807, 2.05) is 25.9 Å². The maximum atomic E-state index is 12.2. The van der Waals surface area contributed by atoms with E-state index in [0.29, 0.717) is 12.2 Å². The third-order valence-corrected chi connectivity index (χ3v) is 4.61. The minimum Gasteiger partial charge on any atom is -0.381 e. The van der Waals surface area contributed by atoms with Crippen LogP contribution in [0.2, 0.25) is 0 Å². The van der Waals surface area contributed by atoms with Crippen molar-refractivity contribution in [2.75, 3.05) is 26.4 Å². The SMILES string of the molecule is Cc1c(S(=O)(=O)NCC(C)N(C)C)c(N)nn1C. The summed E-state index contributed by atoms with van der Waals surface area (Å²) in [6.45, 7) is 3.93. The van der Waals surface area contributed by atoms with Gasteiger partial charge < -0.3 is 10.6 Å². The highest BCUT2D eigenvalue weighted by Crippen LogP contribution is 2.20. The zero-order valence-corrected chi connectivity index (χ0v) is 12.2. The Morgan fingerprint density at radius 3 is 2.44 bits per heavy atom. The molecule has 0 saturated carbocycles. The van der Waals surface area contributed by atoms with Crippen LogP contribution >= 0.6 is 0 Å². The Balaban J connectivity index is 2.94. The average molecular weight is 275 g/mol. The zero-order valence-electron chi connectivity index (χ0n) is 11.4. The molecule has 0 saturated heterocycles. The van der Waals surface area contributed by atoms with Crippen LogP contribution in [0.25, 0.3) is 0 Å². The molecule has 18 heavy (non-hydrogen) atoms. The molecule has 0 spiro atoms. The van der Waals surface area contributed by atoms with E-state index in [1.165, 1.54) is 4.68 Å². The van der Waals surface area contributed by atoms with Gasteiger partial charge in [0.15, 0.2) is 5.82 Å². The third kappa shape index (κ3) is 3.01. The lowest BCUT2D eigenvalue weighted by Gasteiger charge is -2.19. The lowest BCUT2D eigenvalue weighted by molar-refractivity contribution is 0.314. The quantitative estimate of drug-likeness (QED) is 0.758. The predicted octanol–water partition coefficient (Wildman–Crippen LogP) is -0.461. The molecule has 8 heteroatoms. The minimum absolute atomic E-state index is 0.0278. The molecule has 1 rings (SSSR count). The number of nitrogens with two attached hydrogens (primary N) is 1. The fourth-order valence-electron chi connectivity index (χ4n) is 1.43. The number of likely N-dealkylation sites (N-methyl/N-ethyl adjacent to an activating group) is 1. The highest BCUT2D eigenvalue weighted by Gasteiger charge is 2.24. The summed E-state index contributed by atoms with van der Waals surface area (Å²) >= 11 is 0. The number of nitrogen functional groups attached to an aromatic ring is 1. The summed E-state index contributed by atoms with van der Waals surface area (Å²) in [6, 6.07) is 0.0953. The Morgan fingerprint density at radius 2 is 2.06 bits per heavy atom. The molecule has 1 heterocycles. The van der Waals surface area contributed by atoms with Gasteiger partial charge in [-0.2, -0.15) is 5.10 Å². The highest BCUT2D eigenvalue weighted by atomic mass is 32.2. The number of nitrogens with zero attached hydrogens (tertiary/aromatic N) is 3. The van der Waals surface area contributed by atoms with Crippen LogP contribution in [0.4, 0.5) is 5.82 Å². The van der Waals surface area contributed by atoms with Gasteiger partial charge in [-0.15, -0.1) is 0 Å². The minimum atomic E-state index is -3.61. The Hall–Kier alpha value is -1.12. The van der Waals surface area contributed by atoms with E-state index in [1.54, 1.807) is 14.0 Å². The van der Waals surface area contributed by atoms with Crippen molar-refractivity contribution in [3.05, 3.63) is 5.69 Å². The van der Waals surface area contributed by atoms with E-state index in [0.717, 1.165) is 0 Å². The van der Waals surface area contributed by atoms with Crippen LogP contribution in [0.5, 0.6) is 0 Å². The summed E-state index contributed by atoms with van der Waals surface area (Å²) in [5, 5.41) is 3.90. The second-order valence-electron chi connectivity index (χ2n) is 4.59. The average Bonchev–Trinajstić information content (AvgIpc) is 2.50. The molecular weight excluding hydrogens is 254 g/mol. The van der Waals surface area contributed by atoms with Crippen LogP contribution in [0, 0.1) is 6.92 Å². The van der Waals surface area contributed by atoms with Crippen molar-refractivity contribution in [2.45, 2.75) is 24.8 Å². The first-order valence-electron chi connectivity index (χ1n) is 5.62. The zero-order chi connectivity index (χ0) is 14.1. The third-order valence-electron chi connectivity index (χ3n) is 3.02. The van der Waals surface area contributed by atoms with Gasteiger partial charge in [-0.05, 0) is 27.9 Å². The molecule has 1 aromatic heterocycles. The van der Waals surface area contributed by atoms with Crippen molar-refractivity contribution in [3.8, 4) is 0 Å². The van der Waals surface area contributed by atoms with E-state index >= 15 is 0 Å². The maximum absolute atomic E-state index is 12.2. The molecule has 0 amide bonds. The molecule has 0 aromatic carbocycles. The molecule has 1 atom stereocenters. The molecule has 0 fully saturated rings.